The molecule has 2 atom stereocenters. The number of nitrogens with zero attached hydrogens (tertiary/aromatic N) is 4. The van der Waals surface area contributed by atoms with Crippen LogP contribution in [0.5, 0.6) is 0 Å². The third-order valence-corrected chi connectivity index (χ3v) is 4.08. The fourth-order valence-corrected chi connectivity index (χ4v) is 2.55. The lowest BCUT2D eigenvalue weighted by Gasteiger charge is -2.35. The van der Waals surface area contributed by atoms with Crippen molar-refractivity contribution in [2.45, 2.75) is 51.9 Å². The van der Waals surface area contributed by atoms with E-state index in [2.05, 4.69) is 26.2 Å². The van der Waals surface area contributed by atoms with E-state index in [-0.39, 0.29) is 6.54 Å². The molecule has 1 fully saturated rings. The molecule has 0 N–H and O–H groups in total. The molecule has 1 aliphatic heterocycles. The maximum absolute atomic E-state index is 14.4. The van der Waals surface area contributed by atoms with E-state index in [0.29, 0.717) is 17.6 Å². The maximum Gasteiger partial charge on any atom is 0.410 e. The van der Waals surface area contributed by atoms with Gasteiger partial charge in [-0.05, 0) is 50.0 Å². The van der Waals surface area contributed by atoms with Gasteiger partial charge in [-0.3, -0.25) is 0 Å². The minimum Gasteiger partial charge on any atom is -0.444 e. The first-order valence-electron chi connectivity index (χ1n) is 6.88. The summed E-state index contributed by atoms with van der Waals surface area (Å²) in [6, 6.07) is -0.400. The number of hydrogen-bond donors (Lipinski definition) is 0. The van der Waals surface area contributed by atoms with E-state index in [9.17, 15) is 9.18 Å². The lowest BCUT2D eigenvalue weighted by Crippen LogP contribution is -2.47. The lowest BCUT2D eigenvalue weighted by atomic mass is 10.0. The number of likely N-dealkylation sites (tertiary alicyclic amines) is 1. The number of ether oxygens (including phenoxy) is 1. The highest BCUT2D eigenvalue weighted by molar-refractivity contribution is 9.10. The smallest absolute Gasteiger partial charge is 0.410 e. The molecule has 0 unspecified atom stereocenters. The molecule has 118 valence electrons. The standard InChI is InChI=1S/C13H20BrFN4O2/c1-8-11(14)16-17-19(8)10-5-6-18(7-9(10)15)12(20)21-13(2,3)4/h9-10H,5-7H2,1-4H3/t9-,10+/m0/s1. The molecular formula is C13H20BrFN4O2. The third-order valence-electron chi connectivity index (χ3n) is 3.34. The minimum absolute atomic E-state index is 0.0104. The van der Waals surface area contributed by atoms with Gasteiger partial charge >= 0.3 is 6.09 Å². The van der Waals surface area contributed by atoms with Crippen molar-refractivity contribution < 1.29 is 13.9 Å². The summed E-state index contributed by atoms with van der Waals surface area (Å²) in [6.07, 6.45) is -1.18. The van der Waals surface area contributed by atoms with E-state index >= 15 is 0 Å². The van der Waals surface area contributed by atoms with Crippen LogP contribution in [0.4, 0.5) is 9.18 Å². The Morgan fingerprint density at radius 2 is 2.14 bits per heavy atom. The molecule has 1 aliphatic rings. The summed E-state index contributed by atoms with van der Waals surface area (Å²) in [7, 11) is 0. The van der Waals surface area contributed by atoms with Crippen LogP contribution in [-0.2, 0) is 4.74 Å². The molecule has 6 nitrogen and oxygen atoms in total. The van der Waals surface area contributed by atoms with Gasteiger partial charge in [-0.25, -0.2) is 13.9 Å². The summed E-state index contributed by atoms with van der Waals surface area (Å²) in [5.74, 6) is 0. The Kier molecular flexibility index (Phi) is 4.55. The van der Waals surface area contributed by atoms with E-state index in [1.54, 1.807) is 25.5 Å². The van der Waals surface area contributed by atoms with E-state index in [1.165, 1.54) is 4.90 Å². The fourth-order valence-electron chi connectivity index (χ4n) is 2.30. The molecule has 21 heavy (non-hydrogen) atoms. The average Bonchev–Trinajstić information content (AvgIpc) is 2.68. The Morgan fingerprint density at radius 3 is 2.62 bits per heavy atom. The molecule has 0 aliphatic carbocycles. The van der Waals surface area contributed by atoms with Crippen molar-refractivity contribution in [3.8, 4) is 0 Å². The van der Waals surface area contributed by atoms with Crippen molar-refractivity contribution in [1.29, 1.82) is 0 Å². The molecule has 1 saturated heterocycles. The van der Waals surface area contributed by atoms with Crippen molar-refractivity contribution in [3.05, 3.63) is 10.3 Å². The van der Waals surface area contributed by atoms with E-state index in [0.717, 1.165) is 5.69 Å². The monoisotopic (exact) mass is 362 g/mol. The highest BCUT2D eigenvalue weighted by atomic mass is 79.9. The molecule has 0 aromatic carbocycles. The van der Waals surface area contributed by atoms with Gasteiger partial charge in [-0.15, -0.1) is 5.10 Å². The van der Waals surface area contributed by atoms with Crippen LogP contribution in [0.1, 0.15) is 38.9 Å². The number of rotatable bonds is 1. The van der Waals surface area contributed by atoms with Crippen LogP contribution >= 0.6 is 15.9 Å². The molecule has 0 spiro atoms. The van der Waals surface area contributed by atoms with Crippen LogP contribution in [-0.4, -0.2) is 50.8 Å². The molecule has 1 aromatic rings. The van der Waals surface area contributed by atoms with Crippen molar-refractivity contribution >= 4 is 22.0 Å². The first-order chi connectivity index (χ1) is 9.69. The summed E-state index contributed by atoms with van der Waals surface area (Å²) >= 11 is 3.27. The minimum atomic E-state index is -1.20. The van der Waals surface area contributed by atoms with Gasteiger partial charge in [0.2, 0.25) is 0 Å². The average molecular weight is 363 g/mol. The van der Waals surface area contributed by atoms with Crippen LogP contribution in [0.15, 0.2) is 4.60 Å². The first kappa shape index (κ1) is 16.2. The Bertz CT molecular complexity index is 529. The summed E-state index contributed by atoms with van der Waals surface area (Å²) in [5.41, 5.74) is 0.209. The van der Waals surface area contributed by atoms with Gasteiger partial charge in [-0.2, -0.15) is 0 Å². The van der Waals surface area contributed by atoms with Crippen molar-refractivity contribution in [1.82, 2.24) is 19.9 Å². The summed E-state index contributed by atoms with van der Waals surface area (Å²) < 4.78 is 21.9. The number of aromatic nitrogens is 3. The predicted octanol–water partition coefficient (Wildman–Crippen LogP) is 2.87. The van der Waals surface area contributed by atoms with Gasteiger partial charge < -0.3 is 9.64 Å². The van der Waals surface area contributed by atoms with Crippen LogP contribution in [0, 0.1) is 6.92 Å². The second-order valence-corrected chi connectivity index (χ2v) is 6.96. The van der Waals surface area contributed by atoms with Gasteiger partial charge in [-0.1, -0.05) is 5.21 Å². The van der Waals surface area contributed by atoms with E-state index in [1.807, 2.05) is 6.92 Å². The van der Waals surface area contributed by atoms with Crippen molar-refractivity contribution in [3.63, 3.8) is 0 Å². The third kappa shape index (κ3) is 3.72. The number of hydrogen-bond acceptors (Lipinski definition) is 4. The molecule has 0 saturated carbocycles. The zero-order valence-corrected chi connectivity index (χ0v) is 14.2. The quantitative estimate of drug-likeness (QED) is 0.770. The Morgan fingerprint density at radius 1 is 1.48 bits per heavy atom. The molecule has 0 radical (unpaired) electrons. The number of amides is 1. The molecule has 2 heterocycles. The highest BCUT2D eigenvalue weighted by Crippen LogP contribution is 2.28. The van der Waals surface area contributed by atoms with E-state index < -0.39 is 23.9 Å². The first-order valence-corrected chi connectivity index (χ1v) is 7.67. The highest BCUT2D eigenvalue weighted by Gasteiger charge is 2.35. The van der Waals surface area contributed by atoms with E-state index in [4.69, 9.17) is 4.74 Å². The van der Waals surface area contributed by atoms with Crippen LogP contribution in [0.3, 0.4) is 0 Å². The van der Waals surface area contributed by atoms with Crippen LogP contribution in [0.25, 0.3) is 0 Å². The number of piperidine rings is 1. The second kappa shape index (κ2) is 5.90. The maximum atomic E-state index is 14.4. The Hall–Kier alpha value is -1.18. The Labute approximate surface area is 131 Å². The second-order valence-electron chi connectivity index (χ2n) is 6.21. The van der Waals surface area contributed by atoms with Gasteiger partial charge in [0.15, 0.2) is 4.60 Å². The zero-order valence-electron chi connectivity index (χ0n) is 12.6. The number of alkyl halides is 1. The van der Waals surface area contributed by atoms with Gasteiger partial charge in [0, 0.05) is 6.54 Å². The molecule has 8 heteroatoms. The van der Waals surface area contributed by atoms with Crippen molar-refractivity contribution in [2.75, 3.05) is 13.1 Å². The summed E-state index contributed by atoms with van der Waals surface area (Å²) in [4.78, 5) is 13.4. The van der Waals surface area contributed by atoms with Gasteiger partial charge in [0.05, 0.1) is 18.3 Å². The number of carbonyl (C=O) groups excluding carboxylic acids is 1. The van der Waals surface area contributed by atoms with Crippen LogP contribution < -0.4 is 0 Å². The molecular weight excluding hydrogens is 343 g/mol. The molecule has 1 aromatic heterocycles. The van der Waals surface area contributed by atoms with Crippen molar-refractivity contribution in [2.24, 2.45) is 0 Å². The Balaban J connectivity index is 2.02. The topological polar surface area (TPSA) is 60.2 Å². The molecule has 0 bridgehead atoms. The predicted molar refractivity (Wildman–Crippen MR) is 78.8 cm³/mol. The SMILES string of the molecule is Cc1c(Br)nnn1[C@@H]1CCN(C(=O)OC(C)(C)C)C[C@@H]1F. The number of halogens is 2. The normalized spacial score (nSPS) is 23.2. The summed E-state index contributed by atoms with van der Waals surface area (Å²) in [5, 5.41) is 7.85. The van der Waals surface area contributed by atoms with Gasteiger partial charge in [0.25, 0.3) is 0 Å². The lowest BCUT2D eigenvalue weighted by molar-refractivity contribution is 0.00546. The van der Waals surface area contributed by atoms with Crippen LogP contribution in [0.2, 0.25) is 0 Å². The fraction of sp³-hybridized carbons (Fsp3) is 0.769. The summed E-state index contributed by atoms with van der Waals surface area (Å²) in [6.45, 7) is 7.66. The zero-order chi connectivity index (χ0) is 15.8. The molecule has 1 amide bonds. The largest absolute Gasteiger partial charge is 0.444 e. The number of carbonyl (C=O) groups is 1. The molecule has 2 rings (SSSR count). The van der Waals surface area contributed by atoms with Gasteiger partial charge in [0.1, 0.15) is 11.8 Å².